The average molecular weight is 300 g/mol. The van der Waals surface area contributed by atoms with Crippen molar-refractivity contribution in [1.82, 2.24) is 0 Å². The van der Waals surface area contributed by atoms with Crippen molar-refractivity contribution in [2.45, 2.75) is 13.8 Å². The summed E-state index contributed by atoms with van der Waals surface area (Å²) in [5.74, 6) is 1.84. The van der Waals surface area contributed by atoms with Crippen molar-refractivity contribution >= 4 is 0 Å². The SMILES string of the molecule is Cc1ccccc1[O][Ti+2][O]c1ccccc1C.[F-].[F-]. The summed E-state index contributed by atoms with van der Waals surface area (Å²) in [6.45, 7) is 4.07. The van der Waals surface area contributed by atoms with Gasteiger partial charge in [0.25, 0.3) is 0 Å². The molecule has 0 atom stereocenters. The second-order valence-corrected chi connectivity index (χ2v) is 4.72. The first kappa shape index (κ1) is 17.6. The van der Waals surface area contributed by atoms with Crippen molar-refractivity contribution in [3.8, 4) is 11.5 Å². The Morgan fingerprint density at radius 2 is 1.05 bits per heavy atom. The zero-order valence-electron chi connectivity index (χ0n) is 10.7. The monoisotopic (exact) mass is 300 g/mol. The Bertz CT molecular complexity index is 461. The summed E-state index contributed by atoms with van der Waals surface area (Å²) in [4.78, 5) is 0. The van der Waals surface area contributed by atoms with Gasteiger partial charge in [0.2, 0.25) is 0 Å². The fourth-order valence-electron chi connectivity index (χ4n) is 1.45. The van der Waals surface area contributed by atoms with Crippen molar-refractivity contribution in [2.24, 2.45) is 0 Å². The van der Waals surface area contributed by atoms with Crippen LogP contribution in [0.2, 0.25) is 0 Å². The summed E-state index contributed by atoms with van der Waals surface area (Å²) in [6.07, 6.45) is 0. The van der Waals surface area contributed by atoms with Crippen LogP contribution >= 0.6 is 0 Å². The van der Waals surface area contributed by atoms with Crippen molar-refractivity contribution in [3.63, 3.8) is 0 Å². The maximum absolute atomic E-state index is 5.70. The molecule has 0 bridgehead atoms. The third-order valence-corrected chi connectivity index (χ3v) is 3.44. The van der Waals surface area contributed by atoms with Gasteiger partial charge in [-0.2, -0.15) is 0 Å². The molecular formula is C14H14F2O2Ti. The first-order valence-corrected chi connectivity index (χ1v) is 6.75. The summed E-state index contributed by atoms with van der Waals surface area (Å²) in [5.41, 5.74) is 2.29. The van der Waals surface area contributed by atoms with Crippen LogP contribution < -0.4 is 16.0 Å². The Morgan fingerprint density at radius 3 is 1.42 bits per heavy atom. The van der Waals surface area contributed by atoms with Gasteiger partial charge < -0.3 is 9.41 Å². The molecule has 0 unspecified atom stereocenters. The molecule has 0 saturated carbocycles. The van der Waals surface area contributed by atoms with Gasteiger partial charge in [0.1, 0.15) is 0 Å². The van der Waals surface area contributed by atoms with Crippen LogP contribution in [0.15, 0.2) is 48.5 Å². The first-order valence-electron chi connectivity index (χ1n) is 5.47. The van der Waals surface area contributed by atoms with Crippen LogP contribution in [0.4, 0.5) is 0 Å². The topological polar surface area (TPSA) is 18.5 Å². The van der Waals surface area contributed by atoms with Gasteiger partial charge in [0.15, 0.2) is 0 Å². The van der Waals surface area contributed by atoms with Gasteiger partial charge in [-0.25, -0.2) is 0 Å². The van der Waals surface area contributed by atoms with Gasteiger partial charge in [-0.1, -0.05) is 0 Å². The van der Waals surface area contributed by atoms with Gasteiger partial charge in [-0.3, -0.25) is 0 Å². The second-order valence-electron chi connectivity index (χ2n) is 3.82. The molecule has 2 aromatic carbocycles. The minimum atomic E-state index is -0.902. The molecule has 100 valence electrons. The van der Waals surface area contributed by atoms with E-state index in [1.165, 1.54) is 0 Å². The fraction of sp³-hybridized carbons (Fsp3) is 0.143. The molecule has 2 rings (SSSR count). The number of halogens is 2. The van der Waals surface area contributed by atoms with E-state index in [2.05, 4.69) is 0 Å². The number of benzene rings is 2. The van der Waals surface area contributed by atoms with Crippen LogP contribution in [0.5, 0.6) is 11.5 Å². The van der Waals surface area contributed by atoms with Gasteiger partial charge in [-0.05, 0) is 0 Å². The van der Waals surface area contributed by atoms with Crippen molar-refractivity contribution < 1.29 is 36.0 Å². The zero-order valence-corrected chi connectivity index (χ0v) is 12.3. The second kappa shape index (κ2) is 8.67. The predicted molar refractivity (Wildman–Crippen MR) is 63.6 cm³/mol. The van der Waals surface area contributed by atoms with Crippen LogP contribution in [0.25, 0.3) is 0 Å². The molecule has 0 spiro atoms. The quantitative estimate of drug-likeness (QED) is 0.591. The Labute approximate surface area is 121 Å². The van der Waals surface area contributed by atoms with Gasteiger partial charge in [-0.15, -0.1) is 0 Å². The number of para-hydroxylation sites is 2. The van der Waals surface area contributed by atoms with Crippen LogP contribution in [0.3, 0.4) is 0 Å². The standard InChI is InChI=1S/2C7H8O.2FH.Ti/c2*1-6-4-2-3-5-7(6)8;;;/h2*2-5,8H,1H3;2*1H;/q;;;;+4/p-4. The molecule has 0 aliphatic heterocycles. The molecule has 5 heteroatoms. The van der Waals surface area contributed by atoms with Crippen LogP contribution in [-0.2, 0) is 19.9 Å². The van der Waals surface area contributed by atoms with Crippen molar-refractivity contribution in [2.75, 3.05) is 0 Å². The molecule has 2 aromatic rings. The molecule has 0 aromatic heterocycles. The number of rotatable bonds is 4. The van der Waals surface area contributed by atoms with E-state index in [9.17, 15) is 0 Å². The number of hydrogen-bond acceptors (Lipinski definition) is 2. The van der Waals surface area contributed by atoms with Crippen LogP contribution in [-0.4, -0.2) is 0 Å². The Balaban J connectivity index is 0.00000162. The minimum absolute atomic E-state index is 0. The largest absolute Gasteiger partial charge is 1.00 e. The molecule has 0 fully saturated rings. The van der Waals surface area contributed by atoms with E-state index >= 15 is 0 Å². The third-order valence-electron chi connectivity index (χ3n) is 2.49. The van der Waals surface area contributed by atoms with Crippen LogP contribution in [0.1, 0.15) is 11.1 Å². The van der Waals surface area contributed by atoms with Gasteiger partial charge in [0, 0.05) is 0 Å². The molecule has 0 aliphatic rings. The molecule has 0 amide bonds. The fourth-order valence-corrected chi connectivity index (χ4v) is 2.51. The Kier molecular flexibility index (Phi) is 8.04. The van der Waals surface area contributed by atoms with E-state index in [1.807, 2.05) is 62.4 Å². The third kappa shape index (κ3) is 5.01. The number of aryl methyl sites for hydroxylation is 2. The van der Waals surface area contributed by atoms with E-state index in [0.717, 1.165) is 22.6 Å². The van der Waals surface area contributed by atoms with Gasteiger partial charge >= 0.3 is 112 Å². The minimum Gasteiger partial charge on any atom is -1.00 e. The van der Waals surface area contributed by atoms with Crippen molar-refractivity contribution in [1.29, 1.82) is 0 Å². The van der Waals surface area contributed by atoms with E-state index < -0.39 is 19.9 Å². The van der Waals surface area contributed by atoms with Crippen LogP contribution in [0, 0.1) is 13.8 Å². The summed E-state index contributed by atoms with van der Waals surface area (Å²) in [7, 11) is 0. The molecule has 0 saturated heterocycles. The van der Waals surface area contributed by atoms with E-state index in [-0.39, 0.29) is 9.41 Å². The molecule has 0 aliphatic carbocycles. The molecular weight excluding hydrogens is 286 g/mol. The van der Waals surface area contributed by atoms with Crippen molar-refractivity contribution in [3.05, 3.63) is 59.7 Å². The van der Waals surface area contributed by atoms with E-state index in [0.29, 0.717) is 0 Å². The summed E-state index contributed by atoms with van der Waals surface area (Å²) < 4.78 is 11.4. The molecule has 2 nitrogen and oxygen atoms in total. The smallest absolute Gasteiger partial charge is 1.00 e. The number of hydrogen-bond donors (Lipinski definition) is 0. The predicted octanol–water partition coefficient (Wildman–Crippen LogP) is -2.32. The van der Waals surface area contributed by atoms with E-state index in [1.54, 1.807) is 0 Å². The summed E-state index contributed by atoms with van der Waals surface area (Å²) in [6, 6.07) is 16.0. The van der Waals surface area contributed by atoms with E-state index in [4.69, 9.17) is 6.64 Å². The molecule has 0 heterocycles. The molecule has 0 N–H and O–H groups in total. The molecule has 0 radical (unpaired) electrons. The maximum Gasteiger partial charge on any atom is -1.00 e. The Morgan fingerprint density at radius 1 is 0.684 bits per heavy atom. The van der Waals surface area contributed by atoms with Gasteiger partial charge in [0.05, 0.1) is 0 Å². The normalized spacial score (nSPS) is 8.53. The Hall–Kier alpha value is -1.39. The maximum atomic E-state index is 5.70. The first-order chi connectivity index (χ1) is 8.27. The molecule has 19 heavy (non-hydrogen) atoms. The summed E-state index contributed by atoms with van der Waals surface area (Å²) >= 11 is -0.902. The zero-order chi connectivity index (χ0) is 12.1. The summed E-state index contributed by atoms with van der Waals surface area (Å²) in [5, 5.41) is 0. The average Bonchev–Trinajstić information content (AvgIpc) is 2.34.